The fraction of sp³-hybridized carbons (Fsp3) is 0.611. The van der Waals surface area contributed by atoms with Crippen LogP contribution in [0.3, 0.4) is 0 Å². The van der Waals surface area contributed by atoms with Crippen LogP contribution in [0.1, 0.15) is 29.3 Å². The van der Waals surface area contributed by atoms with Gasteiger partial charge in [-0.25, -0.2) is 0 Å². The number of halogens is 2. The summed E-state index contributed by atoms with van der Waals surface area (Å²) in [6.45, 7) is 10.1. The molecule has 25 heavy (non-hydrogen) atoms. The van der Waals surface area contributed by atoms with Crippen molar-refractivity contribution in [1.82, 2.24) is 20.4 Å². The molecule has 1 saturated heterocycles. The lowest BCUT2D eigenvalue weighted by atomic mass is 10.1. The van der Waals surface area contributed by atoms with Crippen molar-refractivity contribution in [2.45, 2.75) is 19.9 Å². The summed E-state index contributed by atoms with van der Waals surface area (Å²) in [6, 6.07) is 8.01. The van der Waals surface area contributed by atoms with Gasteiger partial charge in [0.25, 0.3) is 5.91 Å². The SMILES string of the molecule is CCCNCCNC(=O)c1ccc(CN2CCN(C)CC2)cc1.Cl.Cl. The van der Waals surface area contributed by atoms with Crippen molar-refractivity contribution in [3.05, 3.63) is 35.4 Å². The predicted octanol–water partition coefficient (Wildman–Crippen LogP) is 2.01. The van der Waals surface area contributed by atoms with Crippen LogP contribution in [0.15, 0.2) is 24.3 Å². The number of rotatable bonds is 8. The van der Waals surface area contributed by atoms with Gasteiger partial charge < -0.3 is 15.5 Å². The molecule has 0 unspecified atom stereocenters. The molecule has 1 amide bonds. The average Bonchev–Trinajstić information content (AvgIpc) is 2.57. The number of nitrogens with zero attached hydrogens (tertiary/aromatic N) is 2. The zero-order valence-electron chi connectivity index (χ0n) is 15.3. The molecule has 0 atom stereocenters. The molecule has 1 aliphatic heterocycles. The monoisotopic (exact) mass is 390 g/mol. The summed E-state index contributed by atoms with van der Waals surface area (Å²) in [6.07, 6.45) is 1.11. The third kappa shape index (κ3) is 8.88. The molecule has 7 heteroatoms. The van der Waals surface area contributed by atoms with Crippen molar-refractivity contribution in [3.8, 4) is 0 Å². The Morgan fingerprint density at radius 3 is 2.24 bits per heavy atom. The van der Waals surface area contributed by atoms with Crippen LogP contribution in [-0.4, -0.2) is 68.6 Å². The molecule has 0 aromatic heterocycles. The van der Waals surface area contributed by atoms with E-state index in [1.165, 1.54) is 5.56 Å². The molecule has 1 aromatic carbocycles. The van der Waals surface area contributed by atoms with Gasteiger partial charge in [0.05, 0.1) is 0 Å². The molecule has 144 valence electrons. The van der Waals surface area contributed by atoms with E-state index in [1.807, 2.05) is 12.1 Å². The molecule has 0 radical (unpaired) electrons. The number of amides is 1. The van der Waals surface area contributed by atoms with Gasteiger partial charge in [0.2, 0.25) is 0 Å². The molecule has 1 aromatic rings. The van der Waals surface area contributed by atoms with Gasteiger partial charge in [-0.1, -0.05) is 19.1 Å². The van der Waals surface area contributed by atoms with Gasteiger partial charge in [-0.05, 0) is 37.7 Å². The van der Waals surface area contributed by atoms with E-state index >= 15 is 0 Å². The summed E-state index contributed by atoms with van der Waals surface area (Å²) >= 11 is 0. The summed E-state index contributed by atoms with van der Waals surface area (Å²) in [7, 11) is 2.17. The average molecular weight is 391 g/mol. The van der Waals surface area contributed by atoms with Gasteiger partial charge in [0.1, 0.15) is 0 Å². The molecule has 0 aliphatic carbocycles. The van der Waals surface area contributed by atoms with Crippen molar-refractivity contribution in [3.63, 3.8) is 0 Å². The standard InChI is InChI=1S/C18H30N4O.2ClH/c1-3-8-19-9-10-20-18(23)17-6-4-16(5-7-17)15-22-13-11-21(2)12-14-22;;/h4-7,19H,3,8-15H2,1-2H3,(H,20,23);2*1H. The number of carbonyl (C=O) groups is 1. The summed E-state index contributed by atoms with van der Waals surface area (Å²) in [5.74, 6) is 0.00875. The Kier molecular flexibility index (Phi) is 12.9. The Labute approximate surface area is 164 Å². The summed E-state index contributed by atoms with van der Waals surface area (Å²) < 4.78 is 0. The topological polar surface area (TPSA) is 47.6 Å². The maximum Gasteiger partial charge on any atom is 0.251 e. The molecule has 1 aliphatic rings. The Bertz CT molecular complexity index is 476. The van der Waals surface area contributed by atoms with Crippen LogP contribution in [0, 0.1) is 0 Å². The first-order valence-electron chi connectivity index (χ1n) is 8.68. The van der Waals surface area contributed by atoms with Crippen molar-refractivity contribution >= 4 is 30.7 Å². The third-order valence-electron chi connectivity index (χ3n) is 4.23. The van der Waals surface area contributed by atoms with E-state index in [2.05, 4.69) is 46.5 Å². The first-order chi connectivity index (χ1) is 11.2. The highest BCUT2D eigenvalue weighted by Crippen LogP contribution is 2.09. The molecule has 0 bridgehead atoms. The van der Waals surface area contributed by atoms with Crippen LogP contribution in [0.25, 0.3) is 0 Å². The number of piperazine rings is 1. The molecule has 5 nitrogen and oxygen atoms in total. The Morgan fingerprint density at radius 2 is 1.64 bits per heavy atom. The lowest BCUT2D eigenvalue weighted by Crippen LogP contribution is -2.43. The summed E-state index contributed by atoms with van der Waals surface area (Å²) in [5, 5.41) is 6.22. The normalized spacial score (nSPS) is 15.1. The third-order valence-corrected chi connectivity index (χ3v) is 4.23. The highest BCUT2D eigenvalue weighted by atomic mass is 35.5. The number of hydrogen-bond donors (Lipinski definition) is 2. The molecule has 2 N–H and O–H groups in total. The molecule has 1 heterocycles. The van der Waals surface area contributed by atoms with Gasteiger partial charge in [-0.15, -0.1) is 24.8 Å². The van der Waals surface area contributed by atoms with Crippen molar-refractivity contribution in [2.75, 3.05) is 52.9 Å². The molecule has 0 spiro atoms. The van der Waals surface area contributed by atoms with Crippen LogP contribution in [-0.2, 0) is 6.54 Å². The maximum absolute atomic E-state index is 12.1. The quantitative estimate of drug-likeness (QED) is 0.666. The van der Waals surface area contributed by atoms with Crippen molar-refractivity contribution in [1.29, 1.82) is 0 Å². The number of likely N-dealkylation sites (N-methyl/N-ethyl adjacent to an activating group) is 1. The van der Waals surface area contributed by atoms with E-state index in [9.17, 15) is 4.79 Å². The van der Waals surface area contributed by atoms with Crippen LogP contribution in [0.5, 0.6) is 0 Å². The second-order valence-corrected chi connectivity index (χ2v) is 6.28. The van der Waals surface area contributed by atoms with Gasteiger partial charge in [-0.3, -0.25) is 9.69 Å². The van der Waals surface area contributed by atoms with Gasteiger partial charge in [-0.2, -0.15) is 0 Å². The lowest BCUT2D eigenvalue weighted by molar-refractivity contribution is 0.0954. The van der Waals surface area contributed by atoms with E-state index in [1.54, 1.807) is 0 Å². The largest absolute Gasteiger partial charge is 0.351 e. The second kappa shape index (κ2) is 13.4. The lowest BCUT2D eigenvalue weighted by Gasteiger charge is -2.32. The number of hydrogen-bond acceptors (Lipinski definition) is 4. The fourth-order valence-corrected chi connectivity index (χ4v) is 2.69. The Hall–Kier alpha value is -0.850. The van der Waals surface area contributed by atoms with E-state index in [0.717, 1.165) is 57.8 Å². The fourth-order valence-electron chi connectivity index (χ4n) is 2.69. The van der Waals surface area contributed by atoms with Gasteiger partial charge in [0, 0.05) is 51.4 Å². The molecule has 2 rings (SSSR count). The maximum atomic E-state index is 12.1. The molecular formula is C18H32Cl2N4O. The van der Waals surface area contributed by atoms with Crippen LogP contribution < -0.4 is 10.6 Å². The number of nitrogens with one attached hydrogen (secondary N) is 2. The van der Waals surface area contributed by atoms with E-state index in [-0.39, 0.29) is 30.7 Å². The van der Waals surface area contributed by atoms with Crippen LogP contribution in [0.4, 0.5) is 0 Å². The summed E-state index contributed by atoms with van der Waals surface area (Å²) in [5.41, 5.74) is 2.01. The molecule has 0 saturated carbocycles. The van der Waals surface area contributed by atoms with Crippen LogP contribution >= 0.6 is 24.8 Å². The predicted molar refractivity (Wildman–Crippen MR) is 109 cm³/mol. The van der Waals surface area contributed by atoms with Crippen molar-refractivity contribution in [2.24, 2.45) is 0 Å². The first-order valence-corrected chi connectivity index (χ1v) is 8.68. The van der Waals surface area contributed by atoms with E-state index < -0.39 is 0 Å². The molecule has 1 fully saturated rings. The van der Waals surface area contributed by atoms with Crippen LogP contribution in [0.2, 0.25) is 0 Å². The minimum absolute atomic E-state index is 0. The molecular weight excluding hydrogens is 359 g/mol. The minimum atomic E-state index is 0. The zero-order chi connectivity index (χ0) is 16.5. The second-order valence-electron chi connectivity index (χ2n) is 6.28. The van der Waals surface area contributed by atoms with E-state index in [0.29, 0.717) is 6.54 Å². The Morgan fingerprint density at radius 1 is 1.00 bits per heavy atom. The zero-order valence-corrected chi connectivity index (χ0v) is 16.9. The highest BCUT2D eigenvalue weighted by molar-refractivity contribution is 5.94. The highest BCUT2D eigenvalue weighted by Gasteiger charge is 2.14. The number of benzene rings is 1. The number of carbonyl (C=O) groups excluding carboxylic acids is 1. The smallest absolute Gasteiger partial charge is 0.251 e. The van der Waals surface area contributed by atoms with Gasteiger partial charge >= 0.3 is 0 Å². The summed E-state index contributed by atoms with van der Waals surface area (Å²) in [4.78, 5) is 16.9. The minimum Gasteiger partial charge on any atom is -0.351 e. The van der Waals surface area contributed by atoms with E-state index in [4.69, 9.17) is 0 Å². The first kappa shape index (κ1) is 24.1. The van der Waals surface area contributed by atoms with Gasteiger partial charge in [0.15, 0.2) is 0 Å². The van der Waals surface area contributed by atoms with Crippen molar-refractivity contribution < 1.29 is 4.79 Å². The Balaban J connectivity index is 0.00000288.